The van der Waals surface area contributed by atoms with E-state index in [0.717, 1.165) is 32.1 Å². The Hall–Kier alpha value is 0.0400. The molecule has 2 fully saturated rings. The van der Waals surface area contributed by atoms with E-state index in [9.17, 15) is 9.59 Å². The van der Waals surface area contributed by atoms with Crippen molar-refractivity contribution >= 4 is 34.4 Å². The van der Waals surface area contributed by atoms with Crippen LogP contribution in [0.4, 0.5) is 0 Å². The summed E-state index contributed by atoms with van der Waals surface area (Å²) in [6, 6.07) is 0. The molecule has 0 saturated heterocycles. The van der Waals surface area contributed by atoms with E-state index in [4.69, 9.17) is 0 Å². The molecule has 2 nitrogen and oxygen atoms in total. The molecular formula is C20H34O2S2. The van der Waals surface area contributed by atoms with E-state index in [-0.39, 0.29) is 22.0 Å². The minimum Gasteiger partial charge on any atom is -0.299 e. The van der Waals surface area contributed by atoms with Crippen LogP contribution in [0.3, 0.4) is 0 Å². The number of hydrogen-bond donors (Lipinski definition) is 0. The fraction of sp³-hybridized carbons (Fsp3) is 0.900. The first-order chi connectivity index (χ1) is 11.0. The van der Waals surface area contributed by atoms with Crippen LogP contribution in [-0.4, -0.2) is 26.1 Å². The summed E-state index contributed by atoms with van der Waals surface area (Å²) in [4.78, 5) is 25.1. The molecule has 0 unspecified atom stereocenters. The highest BCUT2D eigenvalue weighted by Gasteiger charge is 2.38. The van der Waals surface area contributed by atoms with Crippen LogP contribution in [0.5, 0.6) is 0 Å². The van der Waals surface area contributed by atoms with Gasteiger partial charge in [-0.05, 0) is 38.5 Å². The number of carbonyl (C=O) groups is 2. The predicted molar refractivity (Wildman–Crippen MR) is 107 cm³/mol. The molecule has 0 aromatic heterocycles. The largest absolute Gasteiger partial charge is 0.299 e. The Kier molecular flexibility index (Phi) is 6.56. The van der Waals surface area contributed by atoms with Gasteiger partial charge in [-0.25, -0.2) is 0 Å². The van der Waals surface area contributed by atoms with Gasteiger partial charge in [-0.3, -0.25) is 9.59 Å². The number of carbonyl (C=O) groups excluding carboxylic acids is 2. The number of rotatable bonds is 4. The van der Waals surface area contributed by atoms with Crippen LogP contribution in [0, 0.1) is 17.3 Å². The van der Waals surface area contributed by atoms with E-state index in [1.807, 2.05) is 32.5 Å². The lowest BCUT2D eigenvalue weighted by molar-refractivity contribution is -0.130. The van der Waals surface area contributed by atoms with Crippen molar-refractivity contribution in [2.75, 3.05) is 0 Å². The van der Waals surface area contributed by atoms with Crippen molar-refractivity contribution in [3.05, 3.63) is 0 Å². The van der Waals surface area contributed by atoms with Crippen molar-refractivity contribution in [2.24, 2.45) is 17.3 Å². The lowest BCUT2D eigenvalue weighted by Crippen LogP contribution is -2.27. The maximum Gasteiger partial charge on any atom is 0.192 e. The standard InChI is InChI=1S/C20H34O2S2/c1-19(2,3)17(21)13-7-9-15(11-13)23-18(22)14-8-10-16(12-14)24-20(4,5)6/h13-16H,7-12H2,1-6H3/t13-,14+,15-,16+/m0/s1. The minimum atomic E-state index is -0.253. The minimum absolute atomic E-state index is 0.170. The van der Waals surface area contributed by atoms with Crippen LogP contribution in [-0.2, 0) is 9.59 Å². The van der Waals surface area contributed by atoms with Crippen LogP contribution in [0.1, 0.15) is 80.1 Å². The zero-order valence-corrected chi connectivity index (χ0v) is 17.8. The first kappa shape index (κ1) is 20.4. The normalized spacial score (nSPS) is 31.4. The summed E-state index contributed by atoms with van der Waals surface area (Å²) in [7, 11) is 0. The average molecular weight is 371 g/mol. The molecule has 0 spiro atoms. The molecule has 0 amide bonds. The van der Waals surface area contributed by atoms with Gasteiger partial charge in [0.1, 0.15) is 5.78 Å². The molecule has 2 aliphatic rings. The highest BCUT2D eigenvalue weighted by atomic mass is 32.2. The van der Waals surface area contributed by atoms with Crippen LogP contribution in [0.2, 0.25) is 0 Å². The quantitative estimate of drug-likeness (QED) is 0.633. The first-order valence-electron chi connectivity index (χ1n) is 9.38. The molecular weight excluding hydrogens is 336 g/mol. The monoisotopic (exact) mass is 370 g/mol. The molecule has 0 N–H and O–H groups in total. The summed E-state index contributed by atoms with van der Waals surface area (Å²) >= 11 is 3.59. The summed E-state index contributed by atoms with van der Waals surface area (Å²) in [6.45, 7) is 12.8. The number of thioether (sulfide) groups is 2. The van der Waals surface area contributed by atoms with Gasteiger partial charge in [-0.15, -0.1) is 0 Å². The number of hydrogen-bond acceptors (Lipinski definition) is 4. The Morgan fingerprint density at radius 2 is 1.33 bits per heavy atom. The second-order valence-electron chi connectivity index (χ2n) is 9.55. The van der Waals surface area contributed by atoms with Gasteiger partial charge in [0, 0.05) is 32.5 Å². The van der Waals surface area contributed by atoms with E-state index in [1.165, 1.54) is 6.42 Å². The van der Waals surface area contributed by atoms with Gasteiger partial charge < -0.3 is 0 Å². The Labute approximate surface area is 156 Å². The zero-order chi connectivity index (χ0) is 18.1. The fourth-order valence-corrected chi connectivity index (χ4v) is 6.82. The van der Waals surface area contributed by atoms with E-state index < -0.39 is 0 Å². The van der Waals surface area contributed by atoms with E-state index in [1.54, 1.807) is 11.8 Å². The van der Waals surface area contributed by atoms with Crippen molar-refractivity contribution in [2.45, 2.75) is 95.3 Å². The summed E-state index contributed by atoms with van der Waals surface area (Å²) in [5.41, 5.74) is -0.253. The molecule has 2 aliphatic carbocycles. The molecule has 0 aromatic carbocycles. The summed E-state index contributed by atoms with van der Waals surface area (Å²) in [5, 5.41) is 1.39. The molecule has 0 bridgehead atoms. The van der Waals surface area contributed by atoms with Gasteiger partial charge in [0.25, 0.3) is 0 Å². The number of ketones is 1. The molecule has 0 aromatic rings. The van der Waals surface area contributed by atoms with Crippen molar-refractivity contribution in [1.29, 1.82) is 0 Å². The number of Topliss-reactive ketones (excluding diaryl/α,β-unsaturated/α-hetero) is 1. The van der Waals surface area contributed by atoms with Crippen molar-refractivity contribution in [1.82, 2.24) is 0 Å². The maximum absolute atomic E-state index is 12.7. The Bertz CT molecular complexity index is 473. The van der Waals surface area contributed by atoms with Crippen molar-refractivity contribution in [3.63, 3.8) is 0 Å². The predicted octanol–water partition coefficient (Wildman–Crippen LogP) is 5.73. The van der Waals surface area contributed by atoms with Crippen LogP contribution < -0.4 is 0 Å². The van der Waals surface area contributed by atoms with Crippen LogP contribution in [0.15, 0.2) is 0 Å². The average Bonchev–Trinajstić information content (AvgIpc) is 3.04. The lowest BCUT2D eigenvalue weighted by atomic mass is 9.82. The van der Waals surface area contributed by atoms with Gasteiger partial charge in [-0.2, -0.15) is 11.8 Å². The molecule has 0 heterocycles. The topological polar surface area (TPSA) is 34.1 Å². The van der Waals surface area contributed by atoms with Crippen molar-refractivity contribution < 1.29 is 9.59 Å². The van der Waals surface area contributed by atoms with Gasteiger partial charge in [0.05, 0.1) is 0 Å². The second kappa shape index (κ2) is 7.73. The third kappa shape index (κ3) is 5.79. The SMILES string of the molecule is CC(C)(C)S[C@@H]1CC[C@@H](C(=O)S[C@H]2CC[C@H](C(=O)C(C)(C)C)C2)C1. The van der Waals surface area contributed by atoms with Gasteiger partial charge in [0.2, 0.25) is 0 Å². The third-order valence-corrected chi connectivity index (χ3v) is 7.81. The highest BCUT2D eigenvalue weighted by molar-refractivity contribution is 8.14. The van der Waals surface area contributed by atoms with Gasteiger partial charge in [-0.1, -0.05) is 53.3 Å². The molecule has 4 heteroatoms. The Morgan fingerprint density at radius 3 is 1.92 bits per heavy atom. The molecule has 2 saturated carbocycles. The Morgan fingerprint density at radius 1 is 0.792 bits per heavy atom. The van der Waals surface area contributed by atoms with E-state index in [2.05, 4.69) is 20.8 Å². The fourth-order valence-electron chi connectivity index (χ4n) is 3.92. The van der Waals surface area contributed by atoms with Crippen LogP contribution in [0.25, 0.3) is 0 Å². The third-order valence-electron chi connectivity index (χ3n) is 5.02. The summed E-state index contributed by atoms with van der Waals surface area (Å²) < 4.78 is 0.280. The Balaban J connectivity index is 1.79. The van der Waals surface area contributed by atoms with E-state index >= 15 is 0 Å². The molecule has 4 atom stereocenters. The summed E-state index contributed by atoms with van der Waals surface area (Å²) in [6.07, 6.45) is 6.17. The van der Waals surface area contributed by atoms with Crippen LogP contribution >= 0.6 is 23.5 Å². The first-order valence-corrected chi connectivity index (χ1v) is 11.1. The van der Waals surface area contributed by atoms with E-state index in [0.29, 0.717) is 21.4 Å². The molecule has 138 valence electrons. The smallest absolute Gasteiger partial charge is 0.192 e. The van der Waals surface area contributed by atoms with Gasteiger partial charge >= 0.3 is 0 Å². The zero-order valence-electron chi connectivity index (χ0n) is 16.2. The highest BCUT2D eigenvalue weighted by Crippen LogP contribution is 2.44. The lowest BCUT2D eigenvalue weighted by Gasteiger charge is -2.22. The van der Waals surface area contributed by atoms with Gasteiger partial charge in [0.15, 0.2) is 5.12 Å². The van der Waals surface area contributed by atoms with Crippen molar-refractivity contribution in [3.8, 4) is 0 Å². The molecule has 24 heavy (non-hydrogen) atoms. The molecule has 0 aliphatic heterocycles. The molecule has 2 rings (SSSR count). The second-order valence-corrected chi connectivity index (χ2v) is 13.0. The molecule has 0 radical (unpaired) electrons. The maximum atomic E-state index is 12.7. The summed E-state index contributed by atoms with van der Waals surface area (Å²) in [5.74, 6) is 0.788.